The lowest BCUT2D eigenvalue weighted by Crippen LogP contribution is -2.52. The van der Waals surface area contributed by atoms with Crippen LogP contribution in [0.2, 0.25) is 10.0 Å². The summed E-state index contributed by atoms with van der Waals surface area (Å²) in [4.78, 5) is 28.5. The predicted octanol–water partition coefficient (Wildman–Crippen LogP) is 6.14. The molecule has 10 heteroatoms. The van der Waals surface area contributed by atoms with Gasteiger partial charge in [0.1, 0.15) is 12.6 Å². The number of hydrogen-bond donors (Lipinski definition) is 1. The zero-order valence-electron chi connectivity index (χ0n) is 23.3. The van der Waals surface area contributed by atoms with Gasteiger partial charge in [-0.15, -0.1) is 0 Å². The molecule has 0 aliphatic carbocycles. The Kier molecular flexibility index (Phi) is 10.6. The number of halogens is 2. The molecule has 7 nitrogen and oxygen atoms in total. The molecule has 0 radical (unpaired) electrons. The monoisotopic (exact) mass is 603 g/mol. The summed E-state index contributed by atoms with van der Waals surface area (Å²) in [5, 5.41) is 3.36. The fourth-order valence-electron chi connectivity index (χ4n) is 3.99. The van der Waals surface area contributed by atoms with Gasteiger partial charge in [-0.2, -0.15) is 0 Å². The zero-order valence-corrected chi connectivity index (χ0v) is 25.6. The van der Waals surface area contributed by atoms with E-state index in [9.17, 15) is 18.0 Å². The van der Waals surface area contributed by atoms with Crippen LogP contribution in [-0.2, 0) is 26.2 Å². The quantitative estimate of drug-likeness (QED) is 0.285. The minimum absolute atomic E-state index is 0.00893. The van der Waals surface area contributed by atoms with Crippen LogP contribution in [0.4, 0.5) is 5.69 Å². The highest BCUT2D eigenvalue weighted by atomic mass is 35.5. The van der Waals surface area contributed by atoms with Gasteiger partial charge in [0.15, 0.2) is 0 Å². The molecule has 0 bridgehead atoms. The first-order valence-electron chi connectivity index (χ1n) is 13.0. The van der Waals surface area contributed by atoms with E-state index >= 15 is 0 Å². The van der Waals surface area contributed by atoms with E-state index in [1.807, 2.05) is 52.0 Å². The summed E-state index contributed by atoms with van der Waals surface area (Å²) in [6, 6.07) is 17.4. The van der Waals surface area contributed by atoms with Gasteiger partial charge in [-0.3, -0.25) is 13.9 Å². The third-order valence-electron chi connectivity index (χ3n) is 6.66. The Balaban J connectivity index is 2.05. The summed E-state index contributed by atoms with van der Waals surface area (Å²) in [5.41, 5.74) is 2.88. The van der Waals surface area contributed by atoms with Crippen molar-refractivity contribution in [1.82, 2.24) is 10.2 Å². The van der Waals surface area contributed by atoms with Gasteiger partial charge in [0.2, 0.25) is 11.8 Å². The number of benzene rings is 3. The van der Waals surface area contributed by atoms with Crippen molar-refractivity contribution in [2.24, 2.45) is 0 Å². The lowest BCUT2D eigenvalue weighted by molar-refractivity contribution is -0.139. The summed E-state index contributed by atoms with van der Waals surface area (Å²) in [5.74, 6) is -0.882. The van der Waals surface area contributed by atoms with Crippen molar-refractivity contribution in [2.45, 2.75) is 64.6 Å². The Labute approximate surface area is 247 Å². The second-order valence-corrected chi connectivity index (χ2v) is 12.7. The Morgan fingerprint density at radius 2 is 1.40 bits per heavy atom. The smallest absolute Gasteiger partial charge is 0.264 e. The highest BCUT2D eigenvalue weighted by Gasteiger charge is 2.33. The van der Waals surface area contributed by atoms with E-state index in [1.165, 1.54) is 35.2 Å². The van der Waals surface area contributed by atoms with Crippen LogP contribution in [0, 0.1) is 13.8 Å². The van der Waals surface area contributed by atoms with Gasteiger partial charge in [-0.25, -0.2) is 8.42 Å². The number of rotatable bonds is 11. The Bertz CT molecular complexity index is 1420. The molecule has 0 aliphatic rings. The van der Waals surface area contributed by atoms with Crippen LogP contribution < -0.4 is 9.62 Å². The Morgan fingerprint density at radius 1 is 0.875 bits per heavy atom. The number of nitrogens with one attached hydrogen (secondary N) is 1. The van der Waals surface area contributed by atoms with Gasteiger partial charge in [0.05, 0.1) is 10.6 Å². The van der Waals surface area contributed by atoms with Gasteiger partial charge in [-0.1, -0.05) is 77.7 Å². The molecule has 3 rings (SSSR count). The Morgan fingerprint density at radius 3 is 1.93 bits per heavy atom. The van der Waals surface area contributed by atoms with Gasteiger partial charge < -0.3 is 10.2 Å². The molecule has 2 atom stereocenters. The maximum Gasteiger partial charge on any atom is 0.264 e. The lowest BCUT2D eigenvalue weighted by atomic mass is 10.1. The fraction of sp³-hybridized carbons (Fsp3) is 0.333. The maximum atomic E-state index is 14.0. The minimum Gasteiger partial charge on any atom is -0.352 e. The molecule has 0 saturated heterocycles. The predicted molar refractivity (Wildman–Crippen MR) is 161 cm³/mol. The van der Waals surface area contributed by atoms with E-state index in [0.717, 1.165) is 27.4 Å². The van der Waals surface area contributed by atoms with E-state index in [0.29, 0.717) is 0 Å². The second-order valence-electron chi connectivity index (χ2n) is 9.95. The van der Waals surface area contributed by atoms with Crippen LogP contribution in [0.25, 0.3) is 0 Å². The standard InChI is InChI=1S/C30H35Cl2N3O4S/c1-6-22(4)33-30(37)23(5)34(18-24-11-7-20(2)8-12-24)29(36)19-35(27-16-25(31)15-26(32)17-27)40(38,39)28-13-9-21(3)10-14-28/h7-17,22-23H,6,18-19H2,1-5H3,(H,33,37)/t22-,23-/m0/s1. The van der Waals surface area contributed by atoms with Crippen LogP contribution in [0.1, 0.15) is 43.9 Å². The number of anilines is 1. The van der Waals surface area contributed by atoms with Crippen molar-refractivity contribution >= 4 is 50.7 Å². The molecule has 1 N–H and O–H groups in total. The average molecular weight is 605 g/mol. The largest absolute Gasteiger partial charge is 0.352 e. The highest BCUT2D eigenvalue weighted by molar-refractivity contribution is 7.92. The topological polar surface area (TPSA) is 86.8 Å². The van der Waals surface area contributed by atoms with E-state index in [4.69, 9.17) is 23.2 Å². The van der Waals surface area contributed by atoms with Crippen LogP contribution in [0.15, 0.2) is 71.6 Å². The third-order valence-corrected chi connectivity index (χ3v) is 8.89. The summed E-state index contributed by atoms with van der Waals surface area (Å²) < 4.78 is 28.8. The molecule has 0 unspecified atom stereocenters. The van der Waals surface area contributed by atoms with Crippen LogP contribution >= 0.6 is 23.2 Å². The van der Waals surface area contributed by atoms with E-state index in [1.54, 1.807) is 19.1 Å². The first kappa shape index (κ1) is 31.5. The average Bonchev–Trinajstić information content (AvgIpc) is 2.90. The lowest BCUT2D eigenvalue weighted by Gasteiger charge is -2.32. The van der Waals surface area contributed by atoms with Crippen molar-refractivity contribution in [2.75, 3.05) is 10.8 Å². The number of aryl methyl sites for hydroxylation is 2. The van der Waals surface area contributed by atoms with Gasteiger partial charge in [0.25, 0.3) is 10.0 Å². The molecule has 0 saturated carbocycles. The van der Waals surface area contributed by atoms with E-state index in [2.05, 4.69) is 5.32 Å². The number of amides is 2. The van der Waals surface area contributed by atoms with Crippen LogP contribution in [0.5, 0.6) is 0 Å². The molecule has 214 valence electrons. The SMILES string of the molecule is CC[C@H](C)NC(=O)[C@H](C)N(Cc1ccc(C)cc1)C(=O)CN(c1cc(Cl)cc(Cl)c1)S(=O)(=O)c1ccc(C)cc1. The first-order chi connectivity index (χ1) is 18.8. The summed E-state index contributed by atoms with van der Waals surface area (Å²) in [6.07, 6.45) is 0.725. The van der Waals surface area contributed by atoms with E-state index < -0.39 is 28.5 Å². The van der Waals surface area contributed by atoms with Gasteiger partial charge in [0, 0.05) is 22.6 Å². The number of carbonyl (C=O) groups excluding carboxylic acids is 2. The summed E-state index contributed by atoms with van der Waals surface area (Å²) in [7, 11) is -4.21. The molecule has 0 spiro atoms. The number of nitrogens with zero attached hydrogens (tertiary/aromatic N) is 2. The van der Waals surface area contributed by atoms with Crippen molar-refractivity contribution < 1.29 is 18.0 Å². The molecule has 0 aliphatic heterocycles. The fourth-order valence-corrected chi connectivity index (χ4v) is 5.90. The first-order valence-corrected chi connectivity index (χ1v) is 15.2. The van der Waals surface area contributed by atoms with Crippen molar-refractivity contribution in [3.63, 3.8) is 0 Å². The highest BCUT2D eigenvalue weighted by Crippen LogP contribution is 2.30. The maximum absolute atomic E-state index is 14.0. The molecule has 0 aromatic heterocycles. The number of sulfonamides is 1. The molecule has 0 heterocycles. The second kappa shape index (κ2) is 13.5. The van der Waals surface area contributed by atoms with Crippen molar-refractivity contribution in [3.05, 3.63) is 93.5 Å². The van der Waals surface area contributed by atoms with Crippen molar-refractivity contribution in [1.29, 1.82) is 0 Å². The molecular weight excluding hydrogens is 569 g/mol. The molecule has 0 fully saturated rings. The number of hydrogen-bond acceptors (Lipinski definition) is 4. The van der Waals surface area contributed by atoms with Crippen LogP contribution in [-0.4, -0.2) is 43.8 Å². The molecule has 2 amide bonds. The molecule has 40 heavy (non-hydrogen) atoms. The minimum atomic E-state index is -4.21. The van der Waals surface area contributed by atoms with E-state index in [-0.39, 0.29) is 39.1 Å². The van der Waals surface area contributed by atoms with Gasteiger partial charge in [-0.05, 0) is 70.0 Å². The third kappa shape index (κ3) is 7.99. The summed E-state index contributed by atoms with van der Waals surface area (Å²) >= 11 is 12.5. The molecule has 3 aromatic rings. The number of carbonyl (C=O) groups is 2. The molecular formula is C30H35Cl2N3O4S. The Hall–Kier alpha value is -3.07. The van der Waals surface area contributed by atoms with Crippen molar-refractivity contribution in [3.8, 4) is 0 Å². The zero-order chi connectivity index (χ0) is 29.6. The summed E-state index contributed by atoms with van der Waals surface area (Å²) in [6.45, 7) is 8.83. The normalized spacial score (nSPS) is 12.9. The van der Waals surface area contributed by atoms with Crippen LogP contribution in [0.3, 0.4) is 0 Å². The van der Waals surface area contributed by atoms with Gasteiger partial charge >= 0.3 is 0 Å². The molecule has 3 aromatic carbocycles.